The molecule has 0 bridgehead atoms. The lowest BCUT2D eigenvalue weighted by Crippen LogP contribution is -2.06. The van der Waals surface area contributed by atoms with Crippen molar-refractivity contribution in [1.29, 1.82) is 0 Å². The Balaban J connectivity index is 1.65. The zero-order chi connectivity index (χ0) is 18.4. The Kier molecular flexibility index (Phi) is 5.38. The minimum absolute atomic E-state index is 0.366. The predicted octanol–water partition coefficient (Wildman–Crippen LogP) is 3.32. The largest absolute Gasteiger partial charge is 0.465 e. The van der Waals surface area contributed by atoms with E-state index in [2.05, 4.69) is 49.6 Å². The molecule has 0 amide bonds. The van der Waals surface area contributed by atoms with E-state index in [1.165, 1.54) is 18.2 Å². The number of nitrogens with zero attached hydrogens (tertiary/aromatic N) is 3. The zero-order valence-electron chi connectivity index (χ0n) is 14.6. The second kappa shape index (κ2) is 8.06. The van der Waals surface area contributed by atoms with Crippen LogP contribution in [0.15, 0.2) is 54.7 Å². The van der Waals surface area contributed by atoms with Crippen molar-refractivity contribution in [2.75, 3.05) is 17.7 Å². The van der Waals surface area contributed by atoms with Crippen molar-refractivity contribution in [3.8, 4) is 0 Å². The number of hydrogen-bond donors (Lipinski definition) is 2. The van der Waals surface area contributed by atoms with Gasteiger partial charge in [0.05, 0.1) is 18.9 Å². The molecule has 0 fully saturated rings. The molecule has 1 aromatic heterocycles. The Hall–Kier alpha value is -3.48. The van der Waals surface area contributed by atoms with Gasteiger partial charge >= 0.3 is 5.97 Å². The maximum Gasteiger partial charge on any atom is 0.337 e. The first-order valence-corrected chi connectivity index (χ1v) is 8.09. The van der Waals surface area contributed by atoms with Crippen molar-refractivity contribution in [3.63, 3.8) is 0 Å². The van der Waals surface area contributed by atoms with Crippen LogP contribution < -0.4 is 10.6 Å². The van der Waals surface area contributed by atoms with Gasteiger partial charge in [-0.25, -0.2) is 4.79 Å². The smallest absolute Gasteiger partial charge is 0.337 e. The molecule has 3 rings (SSSR count). The number of ether oxygens (including phenoxy) is 1. The van der Waals surface area contributed by atoms with Gasteiger partial charge in [0.2, 0.25) is 5.95 Å². The van der Waals surface area contributed by atoms with Crippen LogP contribution in [0.1, 0.15) is 21.5 Å². The third-order valence-corrected chi connectivity index (χ3v) is 3.84. The number of carbonyl (C=O) groups excluding carboxylic acids is 1. The maximum atomic E-state index is 11.5. The standard InChI is InChI=1S/C19H19N5O2/c1-13-5-3-4-6-15(13)11-20-17-12-21-24-19(23-17)22-16-9-7-14(8-10-16)18(25)26-2/h3-10,12H,11H2,1-2H3,(H2,20,22,23,24). The number of carbonyl (C=O) groups is 1. The molecule has 0 radical (unpaired) electrons. The molecule has 0 atom stereocenters. The molecule has 26 heavy (non-hydrogen) atoms. The van der Waals surface area contributed by atoms with E-state index >= 15 is 0 Å². The summed E-state index contributed by atoms with van der Waals surface area (Å²) in [6.45, 7) is 2.72. The van der Waals surface area contributed by atoms with Crippen LogP contribution in [0.25, 0.3) is 0 Å². The van der Waals surface area contributed by atoms with Gasteiger partial charge < -0.3 is 15.4 Å². The molecule has 1 heterocycles. The van der Waals surface area contributed by atoms with Crippen LogP contribution in [0, 0.1) is 6.92 Å². The molecular weight excluding hydrogens is 330 g/mol. The molecule has 0 aliphatic heterocycles. The zero-order valence-corrected chi connectivity index (χ0v) is 14.6. The van der Waals surface area contributed by atoms with Gasteiger partial charge in [-0.3, -0.25) is 0 Å². The van der Waals surface area contributed by atoms with Gasteiger partial charge in [-0.05, 0) is 42.3 Å². The molecule has 0 saturated carbocycles. The van der Waals surface area contributed by atoms with Crippen LogP contribution in [-0.2, 0) is 11.3 Å². The number of esters is 1. The van der Waals surface area contributed by atoms with Crippen LogP contribution >= 0.6 is 0 Å². The first kappa shape index (κ1) is 17.3. The molecule has 2 aromatic carbocycles. The molecule has 0 saturated heterocycles. The first-order valence-electron chi connectivity index (χ1n) is 8.09. The minimum Gasteiger partial charge on any atom is -0.465 e. The normalized spacial score (nSPS) is 10.2. The van der Waals surface area contributed by atoms with E-state index in [0.717, 1.165) is 5.69 Å². The highest BCUT2D eigenvalue weighted by molar-refractivity contribution is 5.89. The van der Waals surface area contributed by atoms with E-state index in [1.54, 1.807) is 30.5 Å². The summed E-state index contributed by atoms with van der Waals surface area (Å²) in [4.78, 5) is 15.9. The molecular formula is C19H19N5O2. The van der Waals surface area contributed by atoms with Gasteiger partial charge in [-0.2, -0.15) is 10.1 Å². The average Bonchev–Trinajstić information content (AvgIpc) is 2.68. The van der Waals surface area contributed by atoms with Crippen molar-refractivity contribution >= 4 is 23.4 Å². The quantitative estimate of drug-likeness (QED) is 0.660. The van der Waals surface area contributed by atoms with Crippen molar-refractivity contribution < 1.29 is 9.53 Å². The van der Waals surface area contributed by atoms with Crippen molar-refractivity contribution in [2.45, 2.75) is 13.5 Å². The van der Waals surface area contributed by atoms with E-state index in [9.17, 15) is 4.79 Å². The van der Waals surface area contributed by atoms with Gasteiger partial charge in [0.25, 0.3) is 0 Å². The van der Waals surface area contributed by atoms with Gasteiger partial charge in [0.1, 0.15) is 0 Å². The van der Waals surface area contributed by atoms with E-state index in [0.29, 0.717) is 23.9 Å². The highest BCUT2D eigenvalue weighted by atomic mass is 16.5. The molecule has 7 nitrogen and oxygen atoms in total. The van der Waals surface area contributed by atoms with Crippen LogP contribution in [0.3, 0.4) is 0 Å². The highest BCUT2D eigenvalue weighted by Gasteiger charge is 2.06. The molecule has 0 aliphatic carbocycles. The number of aryl methyl sites for hydroxylation is 1. The lowest BCUT2D eigenvalue weighted by molar-refractivity contribution is 0.0601. The monoisotopic (exact) mass is 349 g/mol. The summed E-state index contributed by atoms with van der Waals surface area (Å²) >= 11 is 0. The average molecular weight is 349 g/mol. The molecule has 0 aliphatic rings. The minimum atomic E-state index is -0.378. The summed E-state index contributed by atoms with van der Waals surface area (Å²) in [5, 5.41) is 14.2. The van der Waals surface area contributed by atoms with Gasteiger partial charge in [0.15, 0.2) is 5.82 Å². The molecule has 132 valence electrons. The Morgan fingerprint density at radius 1 is 1.12 bits per heavy atom. The summed E-state index contributed by atoms with van der Waals surface area (Å²) in [6.07, 6.45) is 1.57. The summed E-state index contributed by atoms with van der Waals surface area (Å²) in [5.74, 6) is 0.611. The van der Waals surface area contributed by atoms with E-state index in [1.807, 2.05) is 12.1 Å². The number of aromatic nitrogens is 3. The first-order chi connectivity index (χ1) is 12.7. The second-order valence-corrected chi connectivity index (χ2v) is 5.64. The summed E-state index contributed by atoms with van der Waals surface area (Å²) in [5.41, 5.74) is 3.63. The third kappa shape index (κ3) is 4.32. The van der Waals surface area contributed by atoms with Crippen LogP contribution in [0.5, 0.6) is 0 Å². The Bertz CT molecular complexity index is 896. The number of anilines is 3. The molecule has 0 spiro atoms. The summed E-state index contributed by atoms with van der Waals surface area (Å²) in [6, 6.07) is 15.0. The number of rotatable bonds is 6. The fourth-order valence-corrected chi connectivity index (χ4v) is 2.37. The topological polar surface area (TPSA) is 89.0 Å². The van der Waals surface area contributed by atoms with Crippen LogP contribution in [0.2, 0.25) is 0 Å². The van der Waals surface area contributed by atoms with Crippen LogP contribution in [0.4, 0.5) is 17.5 Å². The van der Waals surface area contributed by atoms with Gasteiger partial charge in [0, 0.05) is 12.2 Å². The Morgan fingerprint density at radius 2 is 1.88 bits per heavy atom. The van der Waals surface area contributed by atoms with E-state index in [4.69, 9.17) is 0 Å². The molecule has 0 unspecified atom stereocenters. The second-order valence-electron chi connectivity index (χ2n) is 5.64. The Morgan fingerprint density at radius 3 is 2.62 bits per heavy atom. The fraction of sp³-hybridized carbons (Fsp3) is 0.158. The molecule has 2 N–H and O–H groups in total. The van der Waals surface area contributed by atoms with Gasteiger partial charge in [-0.15, -0.1) is 5.10 Å². The summed E-state index contributed by atoms with van der Waals surface area (Å²) in [7, 11) is 1.35. The number of hydrogen-bond acceptors (Lipinski definition) is 7. The molecule has 7 heteroatoms. The van der Waals surface area contributed by atoms with Crippen molar-refractivity contribution in [3.05, 3.63) is 71.4 Å². The maximum absolute atomic E-state index is 11.5. The predicted molar refractivity (Wildman–Crippen MR) is 99.4 cm³/mol. The Labute approximate surface area is 151 Å². The number of benzene rings is 2. The van der Waals surface area contributed by atoms with Crippen molar-refractivity contribution in [1.82, 2.24) is 15.2 Å². The third-order valence-electron chi connectivity index (χ3n) is 3.84. The van der Waals surface area contributed by atoms with Gasteiger partial charge in [-0.1, -0.05) is 24.3 Å². The number of methoxy groups -OCH3 is 1. The van der Waals surface area contributed by atoms with Crippen LogP contribution in [-0.4, -0.2) is 28.3 Å². The highest BCUT2D eigenvalue weighted by Crippen LogP contribution is 2.16. The van der Waals surface area contributed by atoms with Crippen molar-refractivity contribution in [2.24, 2.45) is 0 Å². The lowest BCUT2D eigenvalue weighted by atomic mass is 10.1. The summed E-state index contributed by atoms with van der Waals surface area (Å²) < 4.78 is 4.68. The van der Waals surface area contributed by atoms with E-state index < -0.39 is 0 Å². The lowest BCUT2D eigenvalue weighted by Gasteiger charge is -2.09. The van der Waals surface area contributed by atoms with E-state index in [-0.39, 0.29) is 5.97 Å². The SMILES string of the molecule is COC(=O)c1ccc(Nc2nncc(NCc3ccccc3C)n2)cc1. The number of nitrogens with one attached hydrogen (secondary N) is 2. The fourth-order valence-electron chi connectivity index (χ4n) is 2.37. The molecule has 3 aromatic rings.